The van der Waals surface area contributed by atoms with E-state index in [0.29, 0.717) is 19.7 Å². The summed E-state index contributed by atoms with van der Waals surface area (Å²) in [6.07, 6.45) is -1.08. The van der Waals surface area contributed by atoms with Gasteiger partial charge < -0.3 is 29.2 Å². The van der Waals surface area contributed by atoms with Crippen LogP contribution in [0.25, 0.3) is 0 Å². The van der Waals surface area contributed by atoms with Crippen molar-refractivity contribution in [2.75, 3.05) is 36.1 Å². The lowest BCUT2D eigenvalue weighted by atomic mass is 9.82. The quantitative estimate of drug-likeness (QED) is 0.315. The predicted octanol–water partition coefficient (Wildman–Crippen LogP) is 4.40. The highest BCUT2D eigenvalue weighted by molar-refractivity contribution is 6.71. The molecule has 0 aromatic heterocycles. The van der Waals surface area contributed by atoms with Crippen LogP contribution in [-0.2, 0) is 37.8 Å². The maximum absolute atomic E-state index is 14.6. The summed E-state index contributed by atoms with van der Waals surface area (Å²) in [5.74, 6) is -0.823. The Morgan fingerprint density at radius 3 is 2.35 bits per heavy atom. The van der Waals surface area contributed by atoms with Crippen LogP contribution in [0.2, 0.25) is 18.6 Å². The Labute approximate surface area is 270 Å². The third-order valence-electron chi connectivity index (χ3n) is 9.56. The second kappa shape index (κ2) is 12.6. The Morgan fingerprint density at radius 1 is 1.00 bits per heavy atom. The summed E-state index contributed by atoms with van der Waals surface area (Å²) < 4.78 is 11.9. The highest BCUT2D eigenvalue weighted by Crippen LogP contribution is 2.59. The maximum atomic E-state index is 14.6. The predicted molar refractivity (Wildman–Crippen MR) is 175 cm³/mol. The molecule has 46 heavy (non-hydrogen) atoms. The van der Waals surface area contributed by atoms with Gasteiger partial charge in [0.2, 0.25) is 5.91 Å². The van der Waals surface area contributed by atoms with E-state index in [2.05, 4.69) is 0 Å². The highest BCUT2D eigenvalue weighted by Gasteiger charge is 2.66. The number of cyclic esters (lactones) is 1. The Hall–Kier alpha value is -4.03. The third-order valence-corrected chi connectivity index (χ3v) is 12.1. The Balaban J connectivity index is 1.28. The van der Waals surface area contributed by atoms with Gasteiger partial charge in [-0.25, -0.2) is 4.79 Å². The second-order valence-electron chi connectivity index (χ2n) is 12.9. The molecule has 3 amide bonds. The highest BCUT2D eigenvalue weighted by atomic mass is 28.4. The summed E-state index contributed by atoms with van der Waals surface area (Å²) in [5, 5.41) is 9.76. The van der Waals surface area contributed by atoms with E-state index in [1.165, 1.54) is 0 Å². The number of hydrogen-bond donors (Lipinski definition) is 2. The summed E-state index contributed by atoms with van der Waals surface area (Å²) in [7, 11) is -2.97. The first-order valence-electron chi connectivity index (χ1n) is 15.8. The van der Waals surface area contributed by atoms with Gasteiger partial charge in [0.1, 0.15) is 6.61 Å². The van der Waals surface area contributed by atoms with Gasteiger partial charge in [0.15, 0.2) is 13.9 Å². The van der Waals surface area contributed by atoms with E-state index in [0.717, 1.165) is 28.1 Å². The van der Waals surface area contributed by atoms with Crippen molar-refractivity contribution < 1.29 is 33.8 Å². The minimum Gasteiger partial charge on any atom is -0.447 e. The number of rotatable bonds is 10. The number of carbonyl (C=O) groups excluding carboxylic acids is 3. The van der Waals surface area contributed by atoms with Gasteiger partial charge in [0.05, 0.1) is 37.9 Å². The molecule has 0 aliphatic carbocycles. The van der Waals surface area contributed by atoms with Crippen LogP contribution in [0.1, 0.15) is 30.0 Å². The van der Waals surface area contributed by atoms with Gasteiger partial charge in [-0.15, -0.1) is 0 Å². The number of aliphatic hydroxyl groups excluding tert-OH is 1. The smallest absolute Gasteiger partial charge is 0.414 e. The molecule has 0 unspecified atom stereocenters. The average Bonchev–Trinajstić information content (AvgIpc) is 3.67. The van der Waals surface area contributed by atoms with Gasteiger partial charge in [0.25, 0.3) is 5.91 Å². The van der Waals surface area contributed by atoms with E-state index < -0.39 is 31.5 Å². The lowest BCUT2D eigenvalue weighted by Crippen LogP contribution is -2.46. The van der Waals surface area contributed by atoms with Gasteiger partial charge in [-0.3, -0.25) is 14.5 Å². The molecule has 3 aliphatic rings. The summed E-state index contributed by atoms with van der Waals surface area (Å²) >= 11 is 0. The summed E-state index contributed by atoms with van der Waals surface area (Å²) in [4.78, 5) is 57.0. The zero-order valence-corrected chi connectivity index (χ0v) is 27.5. The number of amides is 3. The lowest BCUT2D eigenvalue weighted by Gasteiger charge is -2.32. The normalized spacial score (nSPS) is 24.1. The molecule has 3 aromatic rings. The molecule has 2 N–H and O–H groups in total. The first-order chi connectivity index (χ1) is 22.0. The molecule has 3 aliphatic heterocycles. The van der Waals surface area contributed by atoms with E-state index in [4.69, 9.17) is 9.47 Å². The zero-order chi connectivity index (χ0) is 32.6. The molecule has 2 fully saturated rings. The molecule has 3 aromatic carbocycles. The number of hydrogen-bond acceptors (Lipinski definition) is 7. The molecule has 11 heteroatoms. The largest absolute Gasteiger partial charge is 0.447 e. The van der Waals surface area contributed by atoms with Gasteiger partial charge in [-0.05, 0) is 42.4 Å². The van der Waals surface area contributed by atoms with Crippen molar-refractivity contribution in [1.82, 2.24) is 4.90 Å². The molecule has 2 saturated heterocycles. The van der Waals surface area contributed by atoms with Crippen LogP contribution in [0.15, 0.2) is 78.9 Å². The third kappa shape index (κ3) is 5.72. The van der Waals surface area contributed by atoms with E-state index >= 15 is 0 Å². The fourth-order valence-corrected chi connectivity index (χ4v) is 10.1. The van der Waals surface area contributed by atoms with Crippen LogP contribution in [0.5, 0.6) is 0 Å². The molecule has 3 heterocycles. The number of fused-ring (bicyclic) bond motifs is 2. The number of anilines is 2. The first kappa shape index (κ1) is 31.9. The van der Waals surface area contributed by atoms with Crippen molar-refractivity contribution in [2.24, 2.45) is 5.92 Å². The molecule has 0 bridgehead atoms. The Morgan fingerprint density at radius 2 is 1.70 bits per heavy atom. The maximum Gasteiger partial charge on any atom is 0.414 e. The molecular formula is C35H41N3O7Si. The topological polar surface area (TPSA) is 120 Å². The molecular weight excluding hydrogens is 602 g/mol. The van der Waals surface area contributed by atoms with Crippen LogP contribution in [0, 0.1) is 5.92 Å². The van der Waals surface area contributed by atoms with Crippen LogP contribution in [-0.4, -0.2) is 73.4 Å². The van der Waals surface area contributed by atoms with E-state index in [1.54, 1.807) is 14.7 Å². The van der Waals surface area contributed by atoms with E-state index in [9.17, 15) is 24.3 Å². The minimum atomic E-state index is -2.97. The number of benzene rings is 3. The number of para-hydroxylation sites is 1. The fourth-order valence-electron chi connectivity index (χ4n) is 7.50. The van der Waals surface area contributed by atoms with Gasteiger partial charge in [0, 0.05) is 35.8 Å². The van der Waals surface area contributed by atoms with Crippen molar-refractivity contribution >= 4 is 37.6 Å². The monoisotopic (exact) mass is 643 g/mol. The van der Waals surface area contributed by atoms with Crippen LogP contribution in [0.4, 0.5) is 16.2 Å². The Bertz CT molecular complexity index is 1600. The molecule has 242 valence electrons. The number of ether oxygens (including phenoxy) is 2. The lowest BCUT2D eigenvalue weighted by molar-refractivity contribution is -0.150. The fraction of sp³-hybridized carbons (Fsp3) is 0.400. The average molecular weight is 644 g/mol. The van der Waals surface area contributed by atoms with Crippen molar-refractivity contribution in [3.8, 4) is 0 Å². The minimum absolute atomic E-state index is 0.0174. The SMILES string of the molecule is C[C@@H]1[C@@H]([Si](C)(C)O)[C@H](CC(=O)N(CCO)Cc2ccccc2)O[C@@]12C(=O)N(Cc1ccc(N3CCOC3=O)cc1)c1ccccc12. The Kier molecular flexibility index (Phi) is 8.77. The standard InChI is InChI=1S/C35H41N3O7Si/c1-24-32(46(2,3)43)30(21-31(40)36(17-19-39)22-25-9-5-4-6-10-25)45-35(24)28-11-7-8-12-29(28)38(33(35)41)23-26-13-15-27(16-14-26)37-18-20-44-34(37)42/h4-16,24,30,32,39,43H,17-23H2,1-3H3/t24-,30+,32-,35+/m1/s1. The molecule has 10 nitrogen and oxygen atoms in total. The molecule has 4 atom stereocenters. The van der Waals surface area contributed by atoms with Crippen molar-refractivity contribution in [3.63, 3.8) is 0 Å². The number of nitrogens with zero attached hydrogens (tertiary/aromatic N) is 3. The van der Waals surface area contributed by atoms with Gasteiger partial charge in [-0.1, -0.05) is 67.6 Å². The summed E-state index contributed by atoms with van der Waals surface area (Å²) in [6, 6.07) is 24.7. The summed E-state index contributed by atoms with van der Waals surface area (Å²) in [5.41, 5.74) is 2.26. The van der Waals surface area contributed by atoms with Crippen molar-refractivity contribution in [1.29, 1.82) is 0 Å². The first-order valence-corrected chi connectivity index (χ1v) is 18.8. The van der Waals surface area contributed by atoms with Crippen LogP contribution < -0.4 is 9.80 Å². The van der Waals surface area contributed by atoms with Gasteiger partial charge in [-0.2, -0.15) is 0 Å². The molecule has 6 rings (SSSR count). The number of carbonyl (C=O) groups is 3. The zero-order valence-electron chi connectivity index (χ0n) is 26.5. The molecule has 0 radical (unpaired) electrons. The van der Waals surface area contributed by atoms with Crippen molar-refractivity contribution in [2.45, 2.75) is 56.8 Å². The molecule has 1 spiro atoms. The number of aliphatic hydroxyl groups is 1. The molecule has 0 saturated carbocycles. The summed E-state index contributed by atoms with van der Waals surface area (Å²) in [6.45, 7) is 7.09. The van der Waals surface area contributed by atoms with E-state index in [-0.39, 0.29) is 44.0 Å². The second-order valence-corrected chi connectivity index (χ2v) is 16.9. The van der Waals surface area contributed by atoms with Crippen LogP contribution in [0.3, 0.4) is 0 Å². The van der Waals surface area contributed by atoms with Crippen LogP contribution >= 0.6 is 0 Å². The van der Waals surface area contributed by atoms with E-state index in [1.807, 2.05) is 98.9 Å². The van der Waals surface area contributed by atoms with Crippen molar-refractivity contribution in [3.05, 3.63) is 95.6 Å². The van der Waals surface area contributed by atoms with Gasteiger partial charge >= 0.3 is 6.09 Å².